The molecule has 1 unspecified atom stereocenters. The van der Waals surface area contributed by atoms with Gasteiger partial charge in [-0.25, -0.2) is 0 Å². The largest absolute Gasteiger partial charge is 0.370 e. The van der Waals surface area contributed by atoms with Gasteiger partial charge in [0, 0.05) is 25.7 Å². The third kappa shape index (κ3) is 1.92. The second-order valence-electron chi connectivity index (χ2n) is 6.35. The molecule has 0 bridgehead atoms. The summed E-state index contributed by atoms with van der Waals surface area (Å²) in [6.07, 6.45) is 4.04. The first-order chi connectivity index (χ1) is 8.11. The molecule has 0 radical (unpaired) electrons. The monoisotopic (exact) mass is 236 g/mol. The van der Waals surface area contributed by atoms with Crippen LogP contribution in [0.5, 0.6) is 0 Å². The van der Waals surface area contributed by atoms with Gasteiger partial charge in [0.15, 0.2) is 5.96 Å². The van der Waals surface area contributed by atoms with Crippen molar-refractivity contribution >= 4 is 5.96 Å². The van der Waals surface area contributed by atoms with E-state index in [2.05, 4.69) is 28.6 Å². The molecule has 0 amide bonds. The zero-order chi connectivity index (χ0) is 12.0. The molecular formula is C13H24N4. The molecule has 3 aliphatic rings. The average molecular weight is 236 g/mol. The van der Waals surface area contributed by atoms with Gasteiger partial charge in [0.25, 0.3) is 0 Å². The van der Waals surface area contributed by atoms with Crippen molar-refractivity contribution in [3.8, 4) is 0 Å². The first kappa shape index (κ1) is 11.3. The third-order valence-electron chi connectivity index (χ3n) is 4.36. The fourth-order valence-electron chi connectivity index (χ4n) is 3.28. The van der Waals surface area contributed by atoms with Crippen molar-refractivity contribution in [2.45, 2.75) is 44.7 Å². The highest BCUT2D eigenvalue weighted by Crippen LogP contribution is 2.38. The van der Waals surface area contributed by atoms with Gasteiger partial charge in [-0.2, -0.15) is 0 Å². The number of rotatable bonds is 3. The Morgan fingerprint density at radius 3 is 2.88 bits per heavy atom. The number of hydrogen-bond acceptors (Lipinski definition) is 4. The van der Waals surface area contributed by atoms with Crippen LogP contribution in [0.15, 0.2) is 4.99 Å². The Hall–Kier alpha value is -0.770. The second-order valence-corrected chi connectivity index (χ2v) is 6.35. The molecule has 1 atom stereocenters. The molecule has 1 aliphatic carbocycles. The van der Waals surface area contributed by atoms with E-state index >= 15 is 0 Å². The maximum atomic E-state index is 6.08. The molecule has 2 N–H and O–H groups in total. The topological polar surface area (TPSA) is 44.9 Å². The van der Waals surface area contributed by atoms with E-state index in [1.54, 1.807) is 0 Å². The Labute approximate surface area is 104 Å². The molecule has 2 fully saturated rings. The average Bonchev–Trinajstić information content (AvgIpc) is 2.99. The highest BCUT2D eigenvalue weighted by Gasteiger charge is 2.49. The van der Waals surface area contributed by atoms with E-state index in [0.29, 0.717) is 5.92 Å². The summed E-state index contributed by atoms with van der Waals surface area (Å²) in [5, 5.41) is 0. The van der Waals surface area contributed by atoms with Gasteiger partial charge in [-0.15, -0.1) is 0 Å². The van der Waals surface area contributed by atoms with Crippen molar-refractivity contribution in [3.05, 3.63) is 0 Å². The molecule has 2 heterocycles. The summed E-state index contributed by atoms with van der Waals surface area (Å²) in [7, 11) is 0. The fraction of sp³-hybridized carbons (Fsp3) is 0.923. The normalized spacial score (nSPS) is 34.1. The second kappa shape index (κ2) is 3.87. The minimum Gasteiger partial charge on any atom is -0.370 e. The highest BCUT2D eigenvalue weighted by molar-refractivity contribution is 5.81. The molecule has 0 aromatic heterocycles. The predicted octanol–water partition coefficient (Wildman–Crippen LogP) is 0.880. The van der Waals surface area contributed by atoms with Crippen LogP contribution < -0.4 is 5.73 Å². The van der Waals surface area contributed by atoms with E-state index in [-0.39, 0.29) is 5.54 Å². The fourth-order valence-corrected chi connectivity index (χ4v) is 3.28. The van der Waals surface area contributed by atoms with Crippen LogP contribution in [0.1, 0.15) is 33.1 Å². The summed E-state index contributed by atoms with van der Waals surface area (Å²) < 4.78 is 0. The zero-order valence-corrected chi connectivity index (χ0v) is 11.0. The number of likely N-dealkylation sites (tertiary alicyclic amines) is 1. The standard InChI is InChI=1S/C13H24N4/c1-10(2)7-17-12(14)15-8-13(17)5-6-16(9-13)11-3-4-11/h10-11H,3-9H2,1-2H3,(H2,14,15). The summed E-state index contributed by atoms with van der Waals surface area (Å²) in [5.41, 5.74) is 6.31. The predicted molar refractivity (Wildman–Crippen MR) is 70.0 cm³/mol. The van der Waals surface area contributed by atoms with Gasteiger partial charge in [0.05, 0.1) is 12.1 Å². The lowest BCUT2D eigenvalue weighted by Gasteiger charge is -2.37. The van der Waals surface area contributed by atoms with Crippen LogP contribution in [0.2, 0.25) is 0 Å². The van der Waals surface area contributed by atoms with Crippen molar-refractivity contribution in [3.63, 3.8) is 0 Å². The quantitative estimate of drug-likeness (QED) is 0.791. The number of guanidine groups is 1. The van der Waals surface area contributed by atoms with Crippen molar-refractivity contribution in [2.24, 2.45) is 16.6 Å². The van der Waals surface area contributed by atoms with Crippen LogP contribution >= 0.6 is 0 Å². The third-order valence-corrected chi connectivity index (χ3v) is 4.36. The highest BCUT2D eigenvalue weighted by atomic mass is 15.4. The van der Waals surface area contributed by atoms with E-state index in [1.807, 2.05) is 0 Å². The number of hydrogen-bond donors (Lipinski definition) is 1. The van der Waals surface area contributed by atoms with Crippen LogP contribution in [0, 0.1) is 5.92 Å². The van der Waals surface area contributed by atoms with Gasteiger partial charge in [0.1, 0.15) is 0 Å². The summed E-state index contributed by atoms with van der Waals surface area (Å²) in [6, 6.07) is 0.872. The van der Waals surface area contributed by atoms with Gasteiger partial charge in [0.2, 0.25) is 0 Å². The summed E-state index contributed by atoms with van der Waals surface area (Å²) in [5.74, 6) is 1.42. The Morgan fingerprint density at radius 1 is 1.47 bits per heavy atom. The zero-order valence-electron chi connectivity index (χ0n) is 11.0. The van der Waals surface area contributed by atoms with Crippen molar-refractivity contribution in [2.75, 3.05) is 26.2 Å². The Bertz CT molecular complexity index is 334. The van der Waals surface area contributed by atoms with Crippen LogP contribution in [0.25, 0.3) is 0 Å². The van der Waals surface area contributed by atoms with Crippen LogP contribution in [0.3, 0.4) is 0 Å². The minimum atomic E-state index is 0.233. The molecule has 17 heavy (non-hydrogen) atoms. The summed E-state index contributed by atoms with van der Waals surface area (Å²) in [6.45, 7) is 8.89. The number of nitrogens with zero attached hydrogens (tertiary/aromatic N) is 3. The lowest BCUT2D eigenvalue weighted by molar-refractivity contribution is 0.178. The van der Waals surface area contributed by atoms with Crippen molar-refractivity contribution in [1.82, 2.24) is 9.80 Å². The molecule has 0 aromatic rings. The lowest BCUT2D eigenvalue weighted by atomic mass is 9.96. The van der Waals surface area contributed by atoms with Gasteiger partial charge in [-0.3, -0.25) is 9.89 Å². The Kier molecular flexibility index (Phi) is 2.58. The molecule has 96 valence electrons. The molecule has 1 saturated carbocycles. The van der Waals surface area contributed by atoms with Gasteiger partial charge >= 0.3 is 0 Å². The molecule has 1 spiro atoms. The van der Waals surface area contributed by atoms with E-state index in [9.17, 15) is 0 Å². The molecular weight excluding hydrogens is 212 g/mol. The lowest BCUT2D eigenvalue weighted by Crippen LogP contribution is -2.54. The molecule has 2 aliphatic heterocycles. The molecule has 0 aromatic carbocycles. The van der Waals surface area contributed by atoms with Crippen LogP contribution in [-0.2, 0) is 0 Å². The smallest absolute Gasteiger partial charge is 0.191 e. The van der Waals surface area contributed by atoms with Crippen molar-refractivity contribution in [1.29, 1.82) is 0 Å². The molecule has 3 rings (SSSR count). The first-order valence-corrected chi connectivity index (χ1v) is 6.92. The minimum absolute atomic E-state index is 0.233. The van der Waals surface area contributed by atoms with Gasteiger partial charge in [-0.05, 0) is 25.2 Å². The first-order valence-electron chi connectivity index (χ1n) is 6.92. The van der Waals surface area contributed by atoms with Gasteiger partial charge in [-0.1, -0.05) is 13.8 Å². The maximum absolute atomic E-state index is 6.08. The van der Waals surface area contributed by atoms with Gasteiger partial charge < -0.3 is 10.6 Å². The molecule has 4 nitrogen and oxygen atoms in total. The molecule has 4 heteroatoms. The van der Waals surface area contributed by atoms with Crippen molar-refractivity contribution < 1.29 is 0 Å². The van der Waals surface area contributed by atoms with Crippen LogP contribution in [0.4, 0.5) is 0 Å². The molecule has 1 saturated heterocycles. The number of aliphatic imine (C=N–C) groups is 1. The number of nitrogens with two attached hydrogens (primary N) is 1. The maximum Gasteiger partial charge on any atom is 0.191 e. The summed E-state index contributed by atoms with van der Waals surface area (Å²) >= 11 is 0. The van der Waals surface area contributed by atoms with E-state index in [0.717, 1.165) is 25.1 Å². The Morgan fingerprint density at radius 2 is 2.24 bits per heavy atom. The van der Waals surface area contributed by atoms with E-state index < -0.39 is 0 Å². The van der Waals surface area contributed by atoms with E-state index in [4.69, 9.17) is 5.73 Å². The summed E-state index contributed by atoms with van der Waals surface area (Å²) in [4.78, 5) is 9.56. The Balaban J connectivity index is 1.73. The van der Waals surface area contributed by atoms with Crippen LogP contribution in [-0.4, -0.2) is 53.5 Å². The van der Waals surface area contributed by atoms with E-state index in [1.165, 1.54) is 32.4 Å². The SMILES string of the molecule is CC(C)CN1C(N)=NCC12CCN(C1CC1)C2.